The quantitative estimate of drug-likeness (QED) is 0.378. The predicted octanol–water partition coefficient (Wildman–Crippen LogP) is 6.29. The fraction of sp³-hybridized carbons (Fsp3) is 0.280. The van der Waals surface area contributed by atoms with Crippen LogP contribution < -0.4 is 4.74 Å². The number of hydrogen-bond acceptors (Lipinski definition) is 3. The second-order valence-corrected chi connectivity index (χ2v) is 8.32. The third kappa shape index (κ3) is 6.47. The summed E-state index contributed by atoms with van der Waals surface area (Å²) in [5.41, 5.74) is 2.53. The monoisotopic (exact) mass is 522 g/mol. The smallest absolute Gasteiger partial charge is 0.123 e. The predicted molar refractivity (Wildman–Crippen MR) is 140 cm³/mol. The first-order valence-corrected chi connectivity index (χ1v) is 10.9. The number of nitrogens with zero attached hydrogens (tertiary/aromatic N) is 2. The molecular formula is C25H29BrCl2N2O. The molecule has 1 saturated heterocycles. The van der Waals surface area contributed by atoms with Gasteiger partial charge >= 0.3 is 0 Å². The van der Waals surface area contributed by atoms with E-state index in [0.29, 0.717) is 0 Å². The molecule has 0 spiro atoms. The van der Waals surface area contributed by atoms with Crippen LogP contribution in [-0.4, -0.2) is 49.6 Å². The Morgan fingerprint density at radius 2 is 1.55 bits per heavy atom. The van der Waals surface area contributed by atoms with Crippen LogP contribution in [0.5, 0.6) is 5.75 Å². The third-order valence-corrected chi connectivity index (χ3v) is 6.35. The fourth-order valence-electron chi connectivity index (χ4n) is 3.96. The molecule has 3 aromatic rings. The summed E-state index contributed by atoms with van der Waals surface area (Å²) in [5, 5.41) is 2.57. The Hall–Kier alpha value is -1.56. The van der Waals surface area contributed by atoms with E-state index >= 15 is 0 Å². The van der Waals surface area contributed by atoms with Crippen LogP contribution in [0.4, 0.5) is 0 Å². The molecule has 1 aliphatic rings. The molecule has 166 valence electrons. The van der Waals surface area contributed by atoms with Gasteiger partial charge in [-0.3, -0.25) is 9.80 Å². The van der Waals surface area contributed by atoms with Crippen molar-refractivity contribution in [2.45, 2.75) is 6.54 Å². The van der Waals surface area contributed by atoms with E-state index in [0.717, 1.165) is 49.5 Å². The van der Waals surface area contributed by atoms with Crippen LogP contribution in [0, 0.1) is 0 Å². The van der Waals surface area contributed by atoms with Crippen LogP contribution in [0.2, 0.25) is 0 Å². The van der Waals surface area contributed by atoms with Crippen LogP contribution in [0.15, 0.2) is 71.2 Å². The topological polar surface area (TPSA) is 15.7 Å². The zero-order valence-electron chi connectivity index (χ0n) is 17.7. The van der Waals surface area contributed by atoms with Crippen molar-refractivity contribution in [1.29, 1.82) is 0 Å². The maximum absolute atomic E-state index is 5.67. The van der Waals surface area contributed by atoms with Gasteiger partial charge in [-0.05, 0) is 28.5 Å². The molecule has 0 unspecified atom stereocenters. The highest BCUT2D eigenvalue weighted by molar-refractivity contribution is 9.10. The van der Waals surface area contributed by atoms with Crippen LogP contribution in [-0.2, 0) is 6.54 Å². The highest BCUT2D eigenvalue weighted by Gasteiger charge is 2.18. The number of piperazine rings is 1. The molecule has 0 aromatic heterocycles. The van der Waals surface area contributed by atoms with Crippen LogP contribution >= 0.6 is 40.7 Å². The first-order chi connectivity index (χ1) is 14.2. The summed E-state index contributed by atoms with van der Waals surface area (Å²) in [6.45, 7) is 6.27. The Morgan fingerprint density at radius 1 is 0.871 bits per heavy atom. The van der Waals surface area contributed by atoms with E-state index in [-0.39, 0.29) is 24.8 Å². The van der Waals surface area contributed by atoms with Gasteiger partial charge in [0.1, 0.15) is 5.75 Å². The van der Waals surface area contributed by atoms with Crippen molar-refractivity contribution in [3.05, 3.63) is 82.3 Å². The van der Waals surface area contributed by atoms with E-state index in [9.17, 15) is 0 Å². The van der Waals surface area contributed by atoms with Gasteiger partial charge in [0.25, 0.3) is 0 Å². The van der Waals surface area contributed by atoms with E-state index in [2.05, 4.69) is 92.5 Å². The zero-order valence-corrected chi connectivity index (χ0v) is 20.9. The van der Waals surface area contributed by atoms with Crippen molar-refractivity contribution in [3.63, 3.8) is 0 Å². The summed E-state index contributed by atoms with van der Waals surface area (Å²) in [7, 11) is 1.77. The van der Waals surface area contributed by atoms with Crippen molar-refractivity contribution in [1.82, 2.24) is 9.80 Å². The van der Waals surface area contributed by atoms with Crippen molar-refractivity contribution in [2.24, 2.45) is 0 Å². The molecule has 0 aliphatic carbocycles. The second kappa shape index (κ2) is 12.5. The summed E-state index contributed by atoms with van der Waals surface area (Å²) < 4.78 is 6.81. The molecule has 3 nitrogen and oxygen atoms in total. The molecule has 0 bridgehead atoms. The number of benzene rings is 3. The Morgan fingerprint density at radius 3 is 2.29 bits per heavy atom. The number of fused-ring (bicyclic) bond motifs is 1. The second-order valence-electron chi connectivity index (χ2n) is 7.47. The Kier molecular flexibility index (Phi) is 10.3. The molecular weight excluding hydrogens is 495 g/mol. The average molecular weight is 524 g/mol. The van der Waals surface area contributed by atoms with E-state index in [1.165, 1.54) is 21.9 Å². The molecule has 1 fully saturated rings. The summed E-state index contributed by atoms with van der Waals surface area (Å²) in [4.78, 5) is 5.06. The van der Waals surface area contributed by atoms with Crippen molar-refractivity contribution in [2.75, 3.05) is 39.8 Å². The molecule has 31 heavy (non-hydrogen) atoms. The molecule has 4 rings (SSSR count). The van der Waals surface area contributed by atoms with Gasteiger partial charge in [-0.25, -0.2) is 0 Å². The summed E-state index contributed by atoms with van der Waals surface area (Å²) in [6.07, 6.45) is 4.47. The number of hydrogen-bond donors (Lipinski definition) is 0. The zero-order chi connectivity index (χ0) is 20.1. The van der Waals surface area contributed by atoms with E-state index in [1.807, 2.05) is 6.07 Å². The first-order valence-electron chi connectivity index (χ1n) is 10.1. The molecule has 0 saturated carbocycles. The molecule has 0 atom stereocenters. The van der Waals surface area contributed by atoms with Crippen molar-refractivity contribution in [3.8, 4) is 5.75 Å². The standard InChI is InChI=1S/C25H27BrN2O.2ClH/c1-29-25-13-12-20-7-2-4-10-22(20)23(25)19-28-17-15-27(16-18-28)14-6-9-21-8-3-5-11-24(21)26;;/h2-13H,14-19H2,1H3;2*1H/b9-6+;;. The lowest BCUT2D eigenvalue weighted by Gasteiger charge is -2.34. The maximum atomic E-state index is 5.67. The highest BCUT2D eigenvalue weighted by atomic mass is 79.9. The van der Waals surface area contributed by atoms with Crippen LogP contribution in [0.1, 0.15) is 11.1 Å². The SMILES string of the molecule is COc1ccc2ccccc2c1CN1CCN(C/C=C/c2ccccc2Br)CC1.Cl.Cl. The van der Waals surface area contributed by atoms with Crippen LogP contribution in [0.25, 0.3) is 16.8 Å². The molecule has 0 amide bonds. The van der Waals surface area contributed by atoms with Crippen molar-refractivity contribution >= 4 is 57.6 Å². The molecule has 3 aromatic carbocycles. The normalized spacial score (nSPS) is 14.9. The Bertz CT molecular complexity index is 1000. The molecule has 1 heterocycles. The van der Waals surface area contributed by atoms with Crippen molar-refractivity contribution < 1.29 is 4.74 Å². The number of halogens is 3. The molecule has 0 radical (unpaired) electrons. The lowest BCUT2D eigenvalue weighted by molar-refractivity contribution is 0.136. The maximum Gasteiger partial charge on any atom is 0.123 e. The van der Waals surface area contributed by atoms with Crippen LogP contribution in [0.3, 0.4) is 0 Å². The highest BCUT2D eigenvalue weighted by Crippen LogP contribution is 2.29. The van der Waals surface area contributed by atoms with Gasteiger partial charge in [-0.1, -0.05) is 76.6 Å². The Balaban J connectivity index is 0.00000171. The molecule has 1 aliphatic heterocycles. The molecule has 0 N–H and O–H groups in total. The van der Waals surface area contributed by atoms with E-state index < -0.39 is 0 Å². The minimum Gasteiger partial charge on any atom is -0.496 e. The summed E-state index contributed by atoms with van der Waals surface area (Å²) in [5.74, 6) is 0.988. The van der Waals surface area contributed by atoms with E-state index in [4.69, 9.17) is 4.74 Å². The van der Waals surface area contributed by atoms with Gasteiger partial charge in [0.05, 0.1) is 7.11 Å². The average Bonchev–Trinajstić information content (AvgIpc) is 2.76. The van der Waals surface area contributed by atoms with Gasteiger partial charge in [-0.2, -0.15) is 0 Å². The van der Waals surface area contributed by atoms with Gasteiger partial charge in [0.2, 0.25) is 0 Å². The van der Waals surface area contributed by atoms with Gasteiger partial charge in [0.15, 0.2) is 0 Å². The number of ether oxygens (including phenoxy) is 1. The van der Waals surface area contributed by atoms with Gasteiger partial charge in [-0.15, -0.1) is 24.8 Å². The summed E-state index contributed by atoms with van der Waals surface area (Å²) >= 11 is 3.61. The first kappa shape index (κ1) is 25.7. The molecule has 6 heteroatoms. The Labute approximate surface area is 206 Å². The van der Waals surface area contributed by atoms with Gasteiger partial charge < -0.3 is 4.74 Å². The van der Waals surface area contributed by atoms with Gasteiger partial charge in [0, 0.05) is 49.3 Å². The minimum atomic E-state index is 0. The number of rotatable bonds is 6. The largest absolute Gasteiger partial charge is 0.496 e. The lowest BCUT2D eigenvalue weighted by Crippen LogP contribution is -2.45. The minimum absolute atomic E-state index is 0. The lowest BCUT2D eigenvalue weighted by atomic mass is 10.0. The fourth-order valence-corrected chi connectivity index (χ4v) is 4.38. The number of methoxy groups -OCH3 is 1. The summed E-state index contributed by atoms with van der Waals surface area (Å²) in [6, 6.07) is 21.2. The van der Waals surface area contributed by atoms with E-state index in [1.54, 1.807) is 7.11 Å². The third-order valence-electron chi connectivity index (χ3n) is 5.63.